The molecule has 4 rings (SSSR count). The average molecular weight is 408 g/mol. The van der Waals surface area contributed by atoms with Crippen LogP contribution in [0.1, 0.15) is 22.5 Å². The summed E-state index contributed by atoms with van der Waals surface area (Å²) in [5.74, 6) is 0. The summed E-state index contributed by atoms with van der Waals surface area (Å²) in [6.07, 6.45) is 1.96. The maximum atomic E-state index is 6.30. The van der Waals surface area contributed by atoms with E-state index in [9.17, 15) is 0 Å². The molecule has 0 N–H and O–H groups in total. The number of hydrogen-bond donors (Lipinski definition) is 0. The number of aromatic nitrogens is 2. The molecule has 6 heteroatoms. The number of para-hydroxylation sites is 1. The molecule has 0 bridgehead atoms. The highest BCUT2D eigenvalue weighted by Crippen LogP contribution is 2.19. The molecule has 150 valence electrons. The lowest BCUT2D eigenvalue weighted by molar-refractivity contribution is 0.131. The maximum Gasteiger partial charge on any atom is 0.0689 e. The molecule has 2 heterocycles. The van der Waals surface area contributed by atoms with Crippen molar-refractivity contribution in [2.45, 2.75) is 20.4 Å². The van der Waals surface area contributed by atoms with Crippen LogP contribution in [0.15, 0.2) is 59.7 Å². The van der Waals surface area contributed by atoms with Gasteiger partial charge in [0.25, 0.3) is 0 Å². The maximum absolute atomic E-state index is 6.30. The second-order valence-corrected chi connectivity index (χ2v) is 7.80. The third-order valence-corrected chi connectivity index (χ3v) is 5.77. The molecular weight excluding hydrogens is 382 g/mol. The Morgan fingerprint density at radius 3 is 2.38 bits per heavy atom. The second-order valence-electron chi connectivity index (χ2n) is 7.40. The summed E-state index contributed by atoms with van der Waals surface area (Å²) in [6, 6.07) is 18.3. The molecule has 0 amide bonds. The van der Waals surface area contributed by atoms with Crippen molar-refractivity contribution in [1.29, 1.82) is 0 Å². The van der Waals surface area contributed by atoms with E-state index in [1.807, 2.05) is 54.2 Å². The van der Waals surface area contributed by atoms with Crippen LogP contribution in [0.25, 0.3) is 5.69 Å². The van der Waals surface area contributed by atoms with Crippen molar-refractivity contribution in [3.63, 3.8) is 0 Å². The zero-order valence-corrected chi connectivity index (χ0v) is 17.7. The van der Waals surface area contributed by atoms with Crippen molar-refractivity contribution < 1.29 is 0 Å². The summed E-state index contributed by atoms with van der Waals surface area (Å²) < 4.78 is 1.98. The zero-order chi connectivity index (χ0) is 20.2. The predicted octanol–water partition coefficient (Wildman–Crippen LogP) is 4.29. The van der Waals surface area contributed by atoms with Crippen LogP contribution in [0, 0.1) is 13.8 Å². The monoisotopic (exact) mass is 407 g/mol. The normalized spacial score (nSPS) is 15.3. The van der Waals surface area contributed by atoms with Crippen molar-refractivity contribution >= 4 is 17.8 Å². The molecule has 1 fully saturated rings. The molecule has 29 heavy (non-hydrogen) atoms. The number of piperazine rings is 1. The van der Waals surface area contributed by atoms with Gasteiger partial charge < -0.3 is 0 Å². The second kappa shape index (κ2) is 8.80. The van der Waals surface area contributed by atoms with Gasteiger partial charge in [-0.15, -0.1) is 0 Å². The highest BCUT2D eigenvalue weighted by atomic mass is 35.5. The lowest BCUT2D eigenvalue weighted by atomic mass is 10.2. The molecule has 2 aromatic carbocycles. The molecule has 1 aliphatic heterocycles. The van der Waals surface area contributed by atoms with E-state index < -0.39 is 0 Å². The first-order valence-corrected chi connectivity index (χ1v) is 10.4. The summed E-state index contributed by atoms with van der Waals surface area (Å²) in [6.45, 7) is 8.79. The van der Waals surface area contributed by atoms with Crippen molar-refractivity contribution in [3.05, 3.63) is 82.1 Å². The number of nitrogens with zero attached hydrogens (tertiary/aromatic N) is 5. The van der Waals surface area contributed by atoms with Crippen molar-refractivity contribution in [2.75, 3.05) is 26.2 Å². The lowest BCUT2D eigenvalue weighted by Gasteiger charge is -2.33. The number of rotatable bonds is 5. The number of hydrogen-bond acceptors (Lipinski definition) is 4. The van der Waals surface area contributed by atoms with Crippen LogP contribution in [0.4, 0.5) is 0 Å². The molecule has 1 aromatic heterocycles. The van der Waals surface area contributed by atoms with E-state index in [2.05, 4.69) is 35.0 Å². The van der Waals surface area contributed by atoms with Gasteiger partial charge in [0.2, 0.25) is 0 Å². The Morgan fingerprint density at radius 2 is 1.66 bits per heavy atom. The van der Waals surface area contributed by atoms with E-state index in [-0.39, 0.29) is 0 Å². The minimum absolute atomic E-state index is 0.842. The fourth-order valence-electron chi connectivity index (χ4n) is 3.68. The molecule has 5 nitrogen and oxygen atoms in total. The SMILES string of the molecule is Cc1nn(-c2ccccc2)c(C)c1C=NN1CCN(Cc2ccccc2Cl)CC1. The van der Waals surface area contributed by atoms with Crippen LogP contribution < -0.4 is 0 Å². The molecule has 0 unspecified atom stereocenters. The predicted molar refractivity (Wildman–Crippen MR) is 119 cm³/mol. The first kappa shape index (κ1) is 19.7. The molecule has 0 radical (unpaired) electrons. The van der Waals surface area contributed by atoms with E-state index in [1.165, 1.54) is 5.56 Å². The highest BCUT2D eigenvalue weighted by molar-refractivity contribution is 6.31. The van der Waals surface area contributed by atoms with Crippen LogP contribution in [0.2, 0.25) is 5.02 Å². The van der Waals surface area contributed by atoms with Crippen molar-refractivity contribution in [1.82, 2.24) is 19.7 Å². The number of benzene rings is 2. The van der Waals surface area contributed by atoms with Crippen LogP contribution in [-0.2, 0) is 6.54 Å². The van der Waals surface area contributed by atoms with Crippen LogP contribution >= 0.6 is 11.6 Å². The van der Waals surface area contributed by atoms with Gasteiger partial charge in [-0.3, -0.25) is 9.91 Å². The van der Waals surface area contributed by atoms with Gasteiger partial charge in [0.1, 0.15) is 0 Å². The van der Waals surface area contributed by atoms with Gasteiger partial charge in [0.05, 0.1) is 23.3 Å². The molecular formula is C23H26ClN5. The summed E-state index contributed by atoms with van der Waals surface area (Å²) in [5.41, 5.74) is 5.45. The van der Waals surface area contributed by atoms with Crippen LogP contribution in [-0.4, -0.2) is 52.1 Å². The average Bonchev–Trinajstić information content (AvgIpc) is 3.03. The fraction of sp³-hybridized carbons (Fsp3) is 0.304. The van der Waals surface area contributed by atoms with Crippen LogP contribution in [0.5, 0.6) is 0 Å². The van der Waals surface area contributed by atoms with Gasteiger partial charge in [-0.25, -0.2) is 4.68 Å². The summed E-state index contributed by atoms with van der Waals surface area (Å²) in [5, 5.41) is 12.4. The minimum Gasteiger partial charge on any atom is -0.295 e. The lowest BCUT2D eigenvalue weighted by Crippen LogP contribution is -2.43. The molecule has 3 aromatic rings. The molecule has 1 aliphatic rings. The van der Waals surface area contributed by atoms with Crippen LogP contribution in [0.3, 0.4) is 0 Å². The Hall–Kier alpha value is -2.63. The Morgan fingerprint density at radius 1 is 0.966 bits per heavy atom. The molecule has 0 spiro atoms. The van der Waals surface area contributed by atoms with E-state index >= 15 is 0 Å². The Balaban J connectivity index is 1.39. The van der Waals surface area contributed by atoms with E-state index in [4.69, 9.17) is 21.8 Å². The first-order valence-electron chi connectivity index (χ1n) is 9.98. The molecule has 1 saturated heterocycles. The number of halogens is 1. The fourth-order valence-corrected chi connectivity index (χ4v) is 3.88. The quantitative estimate of drug-likeness (QED) is 0.592. The summed E-state index contributed by atoms with van der Waals surface area (Å²) in [7, 11) is 0. The summed E-state index contributed by atoms with van der Waals surface area (Å²) >= 11 is 6.30. The third-order valence-electron chi connectivity index (χ3n) is 5.40. The van der Waals surface area contributed by atoms with Gasteiger partial charge in [0.15, 0.2) is 0 Å². The van der Waals surface area contributed by atoms with Gasteiger partial charge in [-0.1, -0.05) is 48.0 Å². The van der Waals surface area contributed by atoms with Gasteiger partial charge in [-0.2, -0.15) is 10.2 Å². The Kier molecular flexibility index (Phi) is 5.97. The zero-order valence-electron chi connectivity index (χ0n) is 16.9. The van der Waals surface area contributed by atoms with Gasteiger partial charge >= 0.3 is 0 Å². The van der Waals surface area contributed by atoms with Gasteiger partial charge in [-0.05, 0) is 37.6 Å². The minimum atomic E-state index is 0.842. The smallest absolute Gasteiger partial charge is 0.0689 e. The Labute approximate surface area is 177 Å². The molecule has 0 aliphatic carbocycles. The highest BCUT2D eigenvalue weighted by Gasteiger charge is 2.17. The topological polar surface area (TPSA) is 36.7 Å². The number of aryl methyl sites for hydroxylation is 1. The first-order chi connectivity index (χ1) is 14.1. The van der Waals surface area contributed by atoms with E-state index in [1.54, 1.807) is 0 Å². The molecule has 0 atom stereocenters. The molecule has 0 saturated carbocycles. The Bertz CT molecular complexity index is 988. The van der Waals surface area contributed by atoms with Crippen molar-refractivity contribution in [3.8, 4) is 5.69 Å². The standard InChI is InChI=1S/C23H26ClN5/c1-18-22(19(2)29(26-18)21-9-4-3-5-10-21)16-25-28-14-12-27(13-15-28)17-20-8-6-7-11-23(20)24/h3-11,16H,12-15,17H2,1-2H3. The number of hydrazone groups is 1. The van der Waals surface area contributed by atoms with Crippen molar-refractivity contribution in [2.24, 2.45) is 5.10 Å². The van der Waals surface area contributed by atoms with E-state index in [0.29, 0.717) is 0 Å². The van der Waals surface area contributed by atoms with Gasteiger partial charge in [0, 0.05) is 43.3 Å². The largest absolute Gasteiger partial charge is 0.295 e. The summed E-state index contributed by atoms with van der Waals surface area (Å²) in [4.78, 5) is 2.43. The third kappa shape index (κ3) is 4.52. The van der Waals surface area contributed by atoms with E-state index in [0.717, 1.165) is 60.4 Å².